The second-order valence-electron chi connectivity index (χ2n) is 4.22. The highest BCUT2D eigenvalue weighted by Gasteiger charge is 2.08. The van der Waals surface area contributed by atoms with Gasteiger partial charge in [-0.05, 0) is 18.2 Å². The van der Waals surface area contributed by atoms with E-state index in [4.69, 9.17) is 22.1 Å². The van der Waals surface area contributed by atoms with Gasteiger partial charge in [0.1, 0.15) is 18.5 Å². The van der Waals surface area contributed by atoms with Crippen LogP contribution in [0.1, 0.15) is 13.8 Å². The first-order chi connectivity index (χ1) is 7.99. The molecule has 17 heavy (non-hydrogen) atoms. The number of anilines is 1. The first-order valence-electron chi connectivity index (χ1n) is 5.58. The second-order valence-corrected chi connectivity index (χ2v) is 4.62. The Morgan fingerprint density at radius 1 is 1.47 bits per heavy atom. The summed E-state index contributed by atoms with van der Waals surface area (Å²) in [6, 6.07) is 5.36. The lowest BCUT2D eigenvalue weighted by Crippen LogP contribution is -2.35. The standard InChI is InChI=1S/C12H19ClN2O2/c1-8(2)15-6-10(16)7-17-12-4-3-9(14)5-11(12)13/h3-5,8,10,15-16H,6-7,14H2,1-2H3. The van der Waals surface area contributed by atoms with Crippen molar-refractivity contribution in [1.29, 1.82) is 0 Å². The average molecular weight is 259 g/mol. The molecule has 0 aromatic heterocycles. The van der Waals surface area contributed by atoms with Crippen molar-refractivity contribution < 1.29 is 9.84 Å². The van der Waals surface area contributed by atoms with Crippen molar-refractivity contribution in [2.24, 2.45) is 0 Å². The van der Waals surface area contributed by atoms with E-state index >= 15 is 0 Å². The van der Waals surface area contributed by atoms with Crippen LogP contribution in [0.3, 0.4) is 0 Å². The van der Waals surface area contributed by atoms with Crippen LogP contribution in [0.5, 0.6) is 5.75 Å². The monoisotopic (exact) mass is 258 g/mol. The van der Waals surface area contributed by atoms with Gasteiger partial charge in [-0.3, -0.25) is 0 Å². The van der Waals surface area contributed by atoms with Crippen molar-refractivity contribution in [2.45, 2.75) is 26.0 Å². The fraction of sp³-hybridized carbons (Fsp3) is 0.500. The largest absolute Gasteiger partial charge is 0.489 e. The zero-order valence-corrected chi connectivity index (χ0v) is 10.9. The van der Waals surface area contributed by atoms with Gasteiger partial charge in [0, 0.05) is 18.3 Å². The van der Waals surface area contributed by atoms with Crippen LogP contribution in [0, 0.1) is 0 Å². The number of benzene rings is 1. The van der Waals surface area contributed by atoms with Gasteiger partial charge in [0.25, 0.3) is 0 Å². The molecule has 0 bridgehead atoms. The zero-order chi connectivity index (χ0) is 12.8. The van der Waals surface area contributed by atoms with Crippen molar-refractivity contribution in [1.82, 2.24) is 5.32 Å². The topological polar surface area (TPSA) is 67.5 Å². The molecule has 0 amide bonds. The molecule has 0 aliphatic rings. The Morgan fingerprint density at radius 2 is 2.18 bits per heavy atom. The first-order valence-corrected chi connectivity index (χ1v) is 5.96. The van der Waals surface area contributed by atoms with Crippen LogP contribution in [0.25, 0.3) is 0 Å². The van der Waals surface area contributed by atoms with Crippen LogP contribution in [-0.2, 0) is 0 Å². The number of hydrogen-bond acceptors (Lipinski definition) is 4. The number of ether oxygens (including phenoxy) is 1. The normalized spacial score (nSPS) is 12.8. The molecule has 1 unspecified atom stereocenters. The number of hydrogen-bond donors (Lipinski definition) is 3. The number of nitrogens with two attached hydrogens (primary N) is 1. The molecule has 0 saturated carbocycles. The molecule has 0 aliphatic heterocycles. The molecule has 0 spiro atoms. The maximum absolute atomic E-state index is 9.65. The summed E-state index contributed by atoms with van der Waals surface area (Å²) in [4.78, 5) is 0. The highest BCUT2D eigenvalue weighted by atomic mass is 35.5. The summed E-state index contributed by atoms with van der Waals surface area (Å²) in [7, 11) is 0. The Bertz CT molecular complexity index is 358. The van der Waals surface area contributed by atoms with E-state index in [2.05, 4.69) is 5.32 Å². The first kappa shape index (κ1) is 14.1. The molecular weight excluding hydrogens is 240 g/mol. The van der Waals surface area contributed by atoms with Gasteiger partial charge < -0.3 is 20.9 Å². The van der Waals surface area contributed by atoms with E-state index < -0.39 is 6.10 Å². The molecule has 0 fully saturated rings. The smallest absolute Gasteiger partial charge is 0.138 e. The zero-order valence-electron chi connectivity index (χ0n) is 10.1. The fourth-order valence-electron chi connectivity index (χ4n) is 1.25. The molecule has 5 heteroatoms. The Morgan fingerprint density at radius 3 is 2.76 bits per heavy atom. The van der Waals surface area contributed by atoms with Crippen molar-refractivity contribution in [3.8, 4) is 5.75 Å². The minimum absolute atomic E-state index is 0.198. The molecule has 1 rings (SSSR count). The number of aliphatic hydroxyl groups excluding tert-OH is 1. The summed E-state index contributed by atoms with van der Waals surface area (Å²) < 4.78 is 5.41. The molecule has 0 radical (unpaired) electrons. The Balaban J connectivity index is 2.39. The van der Waals surface area contributed by atoms with E-state index in [0.717, 1.165) is 0 Å². The lowest BCUT2D eigenvalue weighted by atomic mass is 10.3. The van der Waals surface area contributed by atoms with Gasteiger partial charge in [-0.25, -0.2) is 0 Å². The van der Waals surface area contributed by atoms with Crippen LogP contribution in [0.2, 0.25) is 5.02 Å². The molecule has 0 aliphatic carbocycles. The molecule has 4 nitrogen and oxygen atoms in total. The Hall–Kier alpha value is -0.970. The van der Waals surface area contributed by atoms with Crippen LogP contribution in [0.15, 0.2) is 18.2 Å². The van der Waals surface area contributed by atoms with Crippen molar-refractivity contribution in [2.75, 3.05) is 18.9 Å². The lowest BCUT2D eigenvalue weighted by molar-refractivity contribution is 0.105. The highest BCUT2D eigenvalue weighted by molar-refractivity contribution is 6.32. The maximum Gasteiger partial charge on any atom is 0.138 e. The third kappa shape index (κ3) is 5.26. The number of aliphatic hydroxyl groups is 1. The number of halogens is 1. The van der Waals surface area contributed by atoms with Crippen molar-refractivity contribution in [3.63, 3.8) is 0 Å². The van der Waals surface area contributed by atoms with Crippen LogP contribution in [-0.4, -0.2) is 30.4 Å². The maximum atomic E-state index is 9.65. The molecule has 0 saturated heterocycles. The third-order valence-corrected chi connectivity index (χ3v) is 2.44. The highest BCUT2D eigenvalue weighted by Crippen LogP contribution is 2.26. The summed E-state index contributed by atoms with van der Waals surface area (Å²) in [5.41, 5.74) is 6.15. The molecular formula is C12H19ClN2O2. The van der Waals surface area contributed by atoms with Crippen molar-refractivity contribution in [3.05, 3.63) is 23.2 Å². The van der Waals surface area contributed by atoms with E-state index in [1.807, 2.05) is 13.8 Å². The number of nitrogens with one attached hydrogen (secondary N) is 1. The van der Waals surface area contributed by atoms with Gasteiger partial charge >= 0.3 is 0 Å². The third-order valence-electron chi connectivity index (χ3n) is 2.15. The predicted molar refractivity (Wildman–Crippen MR) is 70.5 cm³/mol. The predicted octanol–water partition coefficient (Wildman–Crippen LogP) is 1.66. The quantitative estimate of drug-likeness (QED) is 0.679. The van der Waals surface area contributed by atoms with Gasteiger partial charge in [-0.15, -0.1) is 0 Å². The van der Waals surface area contributed by atoms with E-state index in [9.17, 15) is 5.11 Å². The van der Waals surface area contributed by atoms with E-state index in [0.29, 0.717) is 29.0 Å². The van der Waals surface area contributed by atoms with Gasteiger partial charge in [0.2, 0.25) is 0 Å². The van der Waals surface area contributed by atoms with E-state index in [-0.39, 0.29) is 6.61 Å². The molecule has 0 heterocycles. The molecule has 1 atom stereocenters. The molecule has 1 aromatic carbocycles. The Labute approximate surface area is 107 Å². The number of nitrogen functional groups attached to an aromatic ring is 1. The van der Waals surface area contributed by atoms with Crippen LogP contribution < -0.4 is 15.8 Å². The lowest BCUT2D eigenvalue weighted by Gasteiger charge is -2.15. The minimum atomic E-state index is -0.564. The average Bonchev–Trinajstić information content (AvgIpc) is 2.25. The summed E-state index contributed by atoms with van der Waals surface area (Å²) >= 11 is 5.94. The molecule has 1 aromatic rings. The van der Waals surface area contributed by atoms with Gasteiger partial charge in [0.05, 0.1) is 5.02 Å². The SMILES string of the molecule is CC(C)NCC(O)COc1ccc(N)cc1Cl. The van der Waals surface area contributed by atoms with Gasteiger partial charge in [-0.1, -0.05) is 25.4 Å². The number of rotatable bonds is 6. The summed E-state index contributed by atoms with van der Waals surface area (Å²) in [6.45, 7) is 4.72. The fourth-order valence-corrected chi connectivity index (χ4v) is 1.49. The van der Waals surface area contributed by atoms with Gasteiger partial charge in [-0.2, -0.15) is 0 Å². The van der Waals surface area contributed by atoms with Crippen molar-refractivity contribution >= 4 is 17.3 Å². The van der Waals surface area contributed by atoms with E-state index in [1.165, 1.54) is 0 Å². The molecule has 96 valence electrons. The van der Waals surface area contributed by atoms with Crippen LogP contribution in [0.4, 0.5) is 5.69 Å². The summed E-state index contributed by atoms with van der Waals surface area (Å²) in [5.74, 6) is 0.532. The summed E-state index contributed by atoms with van der Waals surface area (Å²) in [5, 5.41) is 13.2. The summed E-state index contributed by atoms with van der Waals surface area (Å²) in [6.07, 6.45) is -0.564. The van der Waals surface area contributed by atoms with E-state index in [1.54, 1.807) is 18.2 Å². The molecule has 4 N–H and O–H groups in total. The Kier molecular flexibility index (Phi) is 5.55. The second kappa shape index (κ2) is 6.69. The van der Waals surface area contributed by atoms with Gasteiger partial charge in [0.15, 0.2) is 0 Å². The minimum Gasteiger partial charge on any atom is -0.489 e. The van der Waals surface area contributed by atoms with Crippen LogP contribution >= 0.6 is 11.6 Å².